The van der Waals surface area contributed by atoms with Crippen LogP contribution < -0.4 is 9.47 Å². The minimum absolute atomic E-state index is 0.0695. The maximum absolute atomic E-state index is 12.1. The highest BCUT2D eigenvalue weighted by Gasteiger charge is 2.08. The fourth-order valence-corrected chi connectivity index (χ4v) is 2.08. The molecule has 4 heteroatoms. The third kappa shape index (κ3) is 3.73. The van der Waals surface area contributed by atoms with Gasteiger partial charge in [-0.05, 0) is 49.8 Å². The van der Waals surface area contributed by atoms with Gasteiger partial charge in [-0.2, -0.15) is 0 Å². The van der Waals surface area contributed by atoms with Crippen LogP contribution in [0.15, 0.2) is 42.7 Å². The van der Waals surface area contributed by atoms with Gasteiger partial charge in [-0.3, -0.25) is 9.78 Å². The van der Waals surface area contributed by atoms with E-state index in [1.54, 1.807) is 37.7 Å². The Kier molecular flexibility index (Phi) is 5.31. The number of ketones is 1. The quantitative estimate of drug-likeness (QED) is 0.602. The van der Waals surface area contributed by atoms with Crippen molar-refractivity contribution >= 4 is 11.9 Å². The lowest BCUT2D eigenvalue weighted by atomic mass is 10.1. The predicted octanol–water partition coefficient (Wildman–Crippen LogP) is 3.69. The van der Waals surface area contributed by atoms with Crippen LogP contribution >= 0.6 is 0 Å². The zero-order chi connectivity index (χ0) is 15.9. The lowest BCUT2D eigenvalue weighted by Crippen LogP contribution is -1.98. The van der Waals surface area contributed by atoms with Gasteiger partial charge in [0.25, 0.3) is 0 Å². The summed E-state index contributed by atoms with van der Waals surface area (Å²) in [4.78, 5) is 16.0. The summed E-state index contributed by atoms with van der Waals surface area (Å²) in [6.07, 6.45) is 6.49. The van der Waals surface area contributed by atoms with Crippen molar-refractivity contribution in [3.63, 3.8) is 0 Å². The lowest BCUT2D eigenvalue weighted by molar-refractivity contribution is 0.104. The molecule has 0 N–H and O–H groups in total. The van der Waals surface area contributed by atoms with Crippen LogP contribution in [0.5, 0.6) is 11.5 Å². The van der Waals surface area contributed by atoms with E-state index in [1.807, 2.05) is 26.0 Å². The van der Waals surface area contributed by atoms with Crippen molar-refractivity contribution in [3.05, 3.63) is 59.4 Å². The van der Waals surface area contributed by atoms with E-state index in [1.165, 1.54) is 6.08 Å². The molecule has 1 aromatic carbocycles. The number of pyridine rings is 1. The first-order valence-corrected chi connectivity index (χ1v) is 7.09. The van der Waals surface area contributed by atoms with Gasteiger partial charge in [0.1, 0.15) is 11.5 Å². The molecule has 0 aliphatic carbocycles. The molecule has 0 bridgehead atoms. The van der Waals surface area contributed by atoms with Crippen LogP contribution in [0, 0.1) is 6.92 Å². The molecule has 0 spiro atoms. The maximum Gasteiger partial charge on any atom is 0.185 e. The Morgan fingerprint density at radius 3 is 2.55 bits per heavy atom. The van der Waals surface area contributed by atoms with Crippen LogP contribution in [-0.4, -0.2) is 24.5 Å². The molecule has 0 saturated heterocycles. The van der Waals surface area contributed by atoms with Crippen LogP contribution in [0.25, 0.3) is 6.08 Å². The molecule has 0 fully saturated rings. The lowest BCUT2D eigenvalue weighted by Gasteiger charge is -2.12. The van der Waals surface area contributed by atoms with Crippen LogP contribution in [0.4, 0.5) is 0 Å². The van der Waals surface area contributed by atoms with E-state index < -0.39 is 0 Å². The van der Waals surface area contributed by atoms with Gasteiger partial charge in [0.2, 0.25) is 0 Å². The molecule has 1 heterocycles. The summed E-state index contributed by atoms with van der Waals surface area (Å²) in [5.41, 5.74) is 2.41. The van der Waals surface area contributed by atoms with Crippen molar-refractivity contribution < 1.29 is 14.3 Å². The fourth-order valence-electron chi connectivity index (χ4n) is 2.08. The molecule has 0 amide bonds. The molecule has 0 aliphatic heterocycles. The van der Waals surface area contributed by atoms with Gasteiger partial charge < -0.3 is 9.47 Å². The predicted molar refractivity (Wildman–Crippen MR) is 86.5 cm³/mol. The first-order valence-electron chi connectivity index (χ1n) is 7.09. The topological polar surface area (TPSA) is 48.4 Å². The van der Waals surface area contributed by atoms with E-state index in [9.17, 15) is 4.79 Å². The first-order chi connectivity index (χ1) is 10.7. The molecule has 1 aromatic heterocycles. The van der Waals surface area contributed by atoms with E-state index in [0.717, 1.165) is 22.6 Å². The Hall–Kier alpha value is -2.62. The minimum Gasteiger partial charge on any atom is -0.496 e. The number of carbonyl (C=O) groups is 1. The molecule has 2 rings (SSSR count). The van der Waals surface area contributed by atoms with Crippen molar-refractivity contribution in [2.24, 2.45) is 0 Å². The van der Waals surface area contributed by atoms with E-state index in [-0.39, 0.29) is 5.78 Å². The molecule has 22 heavy (non-hydrogen) atoms. The molecule has 114 valence electrons. The van der Waals surface area contributed by atoms with Gasteiger partial charge in [-0.1, -0.05) is 6.08 Å². The first kappa shape index (κ1) is 15.8. The molecule has 0 unspecified atom stereocenters. The molecule has 4 nitrogen and oxygen atoms in total. The highest BCUT2D eigenvalue weighted by atomic mass is 16.5. The van der Waals surface area contributed by atoms with Crippen molar-refractivity contribution in [1.29, 1.82) is 0 Å². The van der Waals surface area contributed by atoms with Gasteiger partial charge in [0.05, 0.1) is 13.7 Å². The van der Waals surface area contributed by atoms with E-state index in [2.05, 4.69) is 4.98 Å². The standard InChI is InChI=1S/C18H19NO3/c1-4-22-18-12-14(11-17(21-3)13(18)2)5-6-16(20)15-7-9-19-10-8-15/h5-12H,4H2,1-3H3/b6-5+. The number of carbonyl (C=O) groups excluding carboxylic acids is 1. The molecule has 2 aromatic rings. The summed E-state index contributed by atoms with van der Waals surface area (Å²) < 4.78 is 11.0. The third-order valence-electron chi connectivity index (χ3n) is 3.25. The second-order valence-corrected chi connectivity index (χ2v) is 4.71. The SMILES string of the molecule is CCOc1cc(/C=C/C(=O)c2ccncc2)cc(OC)c1C. The van der Waals surface area contributed by atoms with Crippen molar-refractivity contribution in [1.82, 2.24) is 4.98 Å². The highest BCUT2D eigenvalue weighted by molar-refractivity contribution is 6.06. The van der Waals surface area contributed by atoms with Gasteiger partial charge in [-0.15, -0.1) is 0 Å². The van der Waals surface area contributed by atoms with E-state index in [0.29, 0.717) is 12.2 Å². The van der Waals surface area contributed by atoms with Crippen molar-refractivity contribution in [2.45, 2.75) is 13.8 Å². The van der Waals surface area contributed by atoms with E-state index in [4.69, 9.17) is 9.47 Å². The average Bonchev–Trinajstić information content (AvgIpc) is 2.56. The number of rotatable bonds is 6. The molecule has 0 atom stereocenters. The molecular formula is C18H19NO3. The summed E-state index contributed by atoms with van der Waals surface area (Å²) in [5, 5.41) is 0. The van der Waals surface area contributed by atoms with Gasteiger partial charge in [0, 0.05) is 23.5 Å². The fraction of sp³-hybridized carbons (Fsp3) is 0.222. The summed E-state index contributed by atoms with van der Waals surface area (Å²) in [7, 11) is 1.62. The van der Waals surface area contributed by atoms with Crippen molar-refractivity contribution in [3.8, 4) is 11.5 Å². The number of nitrogens with zero attached hydrogens (tertiary/aromatic N) is 1. The summed E-state index contributed by atoms with van der Waals surface area (Å²) in [6.45, 7) is 4.45. The van der Waals surface area contributed by atoms with Crippen molar-refractivity contribution in [2.75, 3.05) is 13.7 Å². The normalized spacial score (nSPS) is 10.7. The number of aromatic nitrogens is 1. The smallest absolute Gasteiger partial charge is 0.185 e. The molecule has 0 aliphatic rings. The van der Waals surface area contributed by atoms with Crippen LogP contribution in [0.3, 0.4) is 0 Å². The summed E-state index contributed by atoms with van der Waals surface area (Å²) in [5.74, 6) is 1.43. The summed E-state index contributed by atoms with van der Waals surface area (Å²) >= 11 is 0. The zero-order valence-electron chi connectivity index (χ0n) is 13.0. The average molecular weight is 297 g/mol. The Bertz CT molecular complexity index is 678. The number of allylic oxidation sites excluding steroid dienone is 1. The van der Waals surface area contributed by atoms with Gasteiger partial charge in [0.15, 0.2) is 5.78 Å². The Morgan fingerprint density at radius 2 is 1.91 bits per heavy atom. The number of benzene rings is 1. The number of methoxy groups -OCH3 is 1. The molecule has 0 radical (unpaired) electrons. The van der Waals surface area contributed by atoms with Crippen LogP contribution in [-0.2, 0) is 0 Å². The Balaban J connectivity index is 2.27. The van der Waals surface area contributed by atoms with E-state index >= 15 is 0 Å². The number of ether oxygens (including phenoxy) is 2. The van der Waals surface area contributed by atoms with Crippen LogP contribution in [0.1, 0.15) is 28.4 Å². The Morgan fingerprint density at radius 1 is 1.23 bits per heavy atom. The monoisotopic (exact) mass is 297 g/mol. The second kappa shape index (κ2) is 7.41. The number of hydrogen-bond acceptors (Lipinski definition) is 4. The van der Waals surface area contributed by atoms with Gasteiger partial charge >= 0.3 is 0 Å². The highest BCUT2D eigenvalue weighted by Crippen LogP contribution is 2.30. The maximum atomic E-state index is 12.1. The minimum atomic E-state index is -0.0695. The zero-order valence-corrected chi connectivity index (χ0v) is 13.0. The second-order valence-electron chi connectivity index (χ2n) is 4.71. The Labute approximate surface area is 130 Å². The number of hydrogen-bond donors (Lipinski definition) is 0. The molecular weight excluding hydrogens is 278 g/mol. The van der Waals surface area contributed by atoms with Gasteiger partial charge in [-0.25, -0.2) is 0 Å². The van der Waals surface area contributed by atoms with Crippen LogP contribution in [0.2, 0.25) is 0 Å². The largest absolute Gasteiger partial charge is 0.496 e. The third-order valence-corrected chi connectivity index (χ3v) is 3.25. The summed E-state index contributed by atoms with van der Waals surface area (Å²) in [6, 6.07) is 7.16. The molecule has 0 saturated carbocycles.